The van der Waals surface area contributed by atoms with Gasteiger partial charge < -0.3 is 0 Å². The largest absolute Gasteiger partial charge is 0.296 e. The fourth-order valence-corrected chi connectivity index (χ4v) is 3.73. The molecule has 0 aliphatic heterocycles. The molecular weight excluding hydrogens is 353 g/mol. The number of anilines is 1. The van der Waals surface area contributed by atoms with E-state index in [1.54, 1.807) is 23.7 Å². The Kier molecular flexibility index (Phi) is 5.41. The molecule has 3 aromatic rings. The Morgan fingerprint density at radius 3 is 2.58 bits per heavy atom. The van der Waals surface area contributed by atoms with E-state index in [1.165, 1.54) is 29.7 Å². The SMILES string of the molecule is CCC(CC)c1nnc(NC(=O)c2cnn(-c3ccc(F)cc3)c2C)s1. The number of benzene rings is 1. The number of nitrogens with one attached hydrogen (secondary N) is 1. The van der Waals surface area contributed by atoms with Crippen molar-refractivity contribution in [1.82, 2.24) is 20.0 Å². The standard InChI is InChI=1S/C18H20FN5OS/c1-4-12(5-2)17-22-23-18(26-17)21-16(25)15-10-20-24(11(15)3)14-8-6-13(19)7-9-14/h6-10,12H,4-5H2,1-3H3,(H,21,23,25). The summed E-state index contributed by atoms with van der Waals surface area (Å²) >= 11 is 1.40. The first-order valence-electron chi connectivity index (χ1n) is 8.48. The zero-order chi connectivity index (χ0) is 18.7. The van der Waals surface area contributed by atoms with E-state index in [-0.39, 0.29) is 11.7 Å². The average Bonchev–Trinajstić information content (AvgIpc) is 3.24. The van der Waals surface area contributed by atoms with Crippen LogP contribution in [-0.4, -0.2) is 25.9 Å². The third kappa shape index (κ3) is 3.65. The second kappa shape index (κ2) is 7.74. The molecule has 0 aliphatic carbocycles. The van der Waals surface area contributed by atoms with E-state index in [0.717, 1.165) is 17.8 Å². The Balaban J connectivity index is 1.78. The topological polar surface area (TPSA) is 72.7 Å². The van der Waals surface area contributed by atoms with Crippen LogP contribution < -0.4 is 5.32 Å². The number of hydrogen-bond donors (Lipinski definition) is 1. The Hall–Kier alpha value is -2.61. The number of carbonyl (C=O) groups excluding carboxylic acids is 1. The lowest BCUT2D eigenvalue weighted by Crippen LogP contribution is -2.13. The molecule has 0 spiro atoms. The van der Waals surface area contributed by atoms with E-state index in [0.29, 0.717) is 28.0 Å². The van der Waals surface area contributed by atoms with Crippen LogP contribution in [0.2, 0.25) is 0 Å². The molecule has 0 aliphatic rings. The molecule has 2 heterocycles. The highest BCUT2D eigenvalue weighted by Crippen LogP contribution is 2.28. The molecule has 0 unspecified atom stereocenters. The Labute approximate surface area is 155 Å². The van der Waals surface area contributed by atoms with Crippen molar-refractivity contribution in [3.8, 4) is 5.69 Å². The highest BCUT2D eigenvalue weighted by molar-refractivity contribution is 7.15. The van der Waals surface area contributed by atoms with Gasteiger partial charge in [-0.05, 0) is 44.0 Å². The van der Waals surface area contributed by atoms with Gasteiger partial charge in [-0.15, -0.1) is 10.2 Å². The van der Waals surface area contributed by atoms with Crippen LogP contribution in [0.15, 0.2) is 30.5 Å². The second-order valence-electron chi connectivity index (χ2n) is 5.94. The van der Waals surface area contributed by atoms with Gasteiger partial charge in [0.15, 0.2) is 0 Å². The summed E-state index contributed by atoms with van der Waals surface area (Å²) in [6, 6.07) is 5.95. The van der Waals surface area contributed by atoms with Crippen molar-refractivity contribution < 1.29 is 9.18 Å². The van der Waals surface area contributed by atoms with Crippen LogP contribution in [0.3, 0.4) is 0 Å². The maximum absolute atomic E-state index is 13.1. The Morgan fingerprint density at radius 2 is 1.92 bits per heavy atom. The normalized spacial score (nSPS) is 11.1. The maximum atomic E-state index is 13.1. The molecule has 0 saturated carbocycles. The first-order chi connectivity index (χ1) is 12.5. The third-order valence-corrected chi connectivity index (χ3v) is 5.32. The van der Waals surface area contributed by atoms with Crippen LogP contribution in [-0.2, 0) is 0 Å². The zero-order valence-electron chi connectivity index (χ0n) is 14.9. The van der Waals surface area contributed by atoms with Crippen molar-refractivity contribution in [2.75, 3.05) is 5.32 Å². The molecule has 1 amide bonds. The number of amides is 1. The molecule has 0 fully saturated rings. The van der Waals surface area contributed by atoms with E-state index in [9.17, 15) is 9.18 Å². The quantitative estimate of drug-likeness (QED) is 0.698. The van der Waals surface area contributed by atoms with Gasteiger partial charge in [0, 0.05) is 5.92 Å². The van der Waals surface area contributed by atoms with E-state index >= 15 is 0 Å². The summed E-state index contributed by atoms with van der Waals surface area (Å²) in [4.78, 5) is 12.6. The van der Waals surface area contributed by atoms with Crippen molar-refractivity contribution >= 4 is 22.4 Å². The lowest BCUT2D eigenvalue weighted by molar-refractivity contribution is 0.102. The predicted molar refractivity (Wildman–Crippen MR) is 99.4 cm³/mol. The smallest absolute Gasteiger partial charge is 0.260 e. The van der Waals surface area contributed by atoms with Crippen LogP contribution in [0.1, 0.15) is 53.7 Å². The van der Waals surface area contributed by atoms with Gasteiger partial charge in [0.25, 0.3) is 5.91 Å². The molecule has 1 aromatic carbocycles. The van der Waals surface area contributed by atoms with E-state index in [4.69, 9.17) is 0 Å². The van der Waals surface area contributed by atoms with E-state index in [2.05, 4.69) is 34.5 Å². The summed E-state index contributed by atoms with van der Waals surface area (Å²) in [5, 5.41) is 16.7. The average molecular weight is 373 g/mol. The van der Waals surface area contributed by atoms with Crippen molar-refractivity contribution in [3.05, 3.63) is 52.5 Å². The van der Waals surface area contributed by atoms with E-state index in [1.807, 2.05) is 0 Å². The molecule has 8 heteroatoms. The molecule has 3 rings (SSSR count). The molecule has 6 nitrogen and oxygen atoms in total. The van der Waals surface area contributed by atoms with Gasteiger partial charge in [0.1, 0.15) is 10.8 Å². The number of aromatic nitrogens is 4. The van der Waals surface area contributed by atoms with Crippen molar-refractivity contribution in [2.45, 2.75) is 39.5 Å². The molecule has 0 radical (unpaired) electrons. The molecule has 136 valence electrons. The Bertz CT molecular complexity index is 899. The number of rotatable bonds is 6. The maximum Gasteiger partial charge on any atom is 0.260 e. The van der Waals surface area contributed by atoms with Crippen LogP contribution >= 0.6 is 11.3 Å². The number of carbonyl (C=O) groups is 1. The number of hydrogen-bond acceptors (Lipinski definition) is 5. The summed E-state index contributed by atoms with van der Waals surface area (Å²) < 4.78 is 14.7. The summed E-state index contributed by atoms with van der Waals surface area (Å²) in [5.41, 5.74) is 1.79. The van der Waals surface area contributed by atoms with Gasteiger partial charge in [0.05, 0.1) is 23.1 Å². The molecule has 2 aromatic heterocycles. The van der Waals surface area contributed by atoms with Crippen molar-refractivity contribution in [3.63, 3.8) is 0 Å². The van der Waals surface area contributed by atoms with Crippen LogP contribution in [0.25, 0.3) is 5.69 Å². The lowest BCUT2D eigenvalue weighted by atomic mass is 10.1. The van der Waals surface area contributed by atoms with Crippen LogP contribution in [0, 0.1) is 12.7 Å². The monoisotopic (exact) mass is 373 g/mol. The summed E-state index contributed by atoms with van der Waals surface area (Å²) in [6.45, 7) is 6.02. The minimum absolute atomic E-state index is 0.289. The molecule has 0 bridgehead atoms. The molecule has 1 N–H and O–H groups in total. The number of halogens is 1. The molecular formula is C18H20FN5OS. The minimum atomic E-state index is -0.318. The second-order valence-corrected chi connectivity index (χ2v) is 6.95. The fourth-order valence-electron chi connectivity index (χ4n) is 2.73. The summed E-state index contributed by atoms with van der Waals surface area (Å²) in [6.07, 6.45) is 3.47. The number of nitrogens with zero attached hydrogens (tertiary/aromatic N) is 4. The highest BCUT2D eigenvalue weighted by atomic mass is 32.1. The Morgan fingerprint density at radius 1 is 1.23 bits per heavy atom. The van der Waals surface area contributed by atoms with Crippen LogP contribution in [0.5, 0.6) is 0 Å². The lowest BCUT2D eigenvalue weighted by Gasteiger charge is -2.06. The van der Waals surface area contributed by atoms with Gasteiger partial charge in [0.2, 0.25) is 5.13 Å². The first kappa shape index (κ1) is 18.2. The minimum Gasteiger partial charge on any atom is -0.296 e. The first-order valence-corrected chi connectivity index (χ1v) is 9.30. The fraction of sp³-hybridized carbons (Fsp3) is 0.333. The van der Waals surface area contributed by atoms with Crippen molar-refractivity contribution in [2.24, 2.45) is 0 Å². The van der Waals surface area contributed by atoms with Gasteiger partial charge in [-0.2, -0.15) is 5.10 Å². The summed E-state index contributed by atoms with van der Waals surface area (Å²) in [5.74, 6) is -0.245. The zero-order valence-corrected chi connectivity index (χ0v) is 15.7. The van der Waals surface area contributed by atoms with Gasteiger partial charge in [-0.25, -0.2) is 9.07 Å². The molecule has 0 saturated heterocycles. The van der Waals surface area contributed by atoms with Gasteiger partial charge in [-0.3, -0.25) is 10.1 Å². The van der Waals surface area contributed by atoms with Gasteiger partial charge >= 0.3 is 0 Å². The molecule has 0 atom stereocenters. The molecule has 26 heavy (non-hydrogen) atoms. The van der Waals surface area contributed by atoms with E-state index < -0.39 is 0 Å². The third-order valence-electron chi connectivity index (χ3n) is 4.32. The van der Waals surface area contributed by atoms with Crippen LogP contribution in [0.4, 0.5) is 9.52 Å². The predicted octanol–water partition coefficient (Wildman–Crippen LogP) is 4.33. The summed E-state index contributed by atoms with van der Waals surface area (Å²) in [7, 11) is 0. The van der Waals surface area contributed by atoms with Gasteiger partial charge in [-0.1, -0.05) is 25.2 Å². The highest BCUT2D eigenvalue weighted by Gasteiger charge is 2.18. The van der Waals surface area contributed by atoms with Crippen molar-refractivity contribution in [1.29, 1.82) is 0 Å².